The number of furan rings is 1. The van der Waals surface area contributed by atoms with Gasteiger partial charge < -0.3 is 14.6 Å². The molecule has 0 atom stereocenters. The van der Waals surface area contributed by atoms with Gasteiger partial charge in [-0.1, -0.05) is 36.4 Å². The Morgan fingerprint density at radius 1 is 1.03 bits per heavy atom. The molecular formula is C25H26F2N2O2. The molecule has 4 rings (SSSR count). The lowest BCUT2D eigenvalue weighted by Crippen LogP contribution is -2.45. The molecule has 0 aliphatic carbocycles. The molecular weight excluding hydrogens is 398 g/mol. The highest BCUT2D eigenvalue weighted by Crippen LogP contribution is 2.20. The van der Waals surface area contributed by atoms with E-state index < -0.39 is 11.6 Å². The van der Waals surface area contributed by atoms with Gasteiger partial charge in [-0.3, -0.25) is 4.79 Å². The van der Waals surface area contributed by atoms with E-state index in [0.717, 1.165) is 45.0 Å². The Kier molecular flexibility index (Phi) is 6.77. The number of hydrogen-bond donors (Lipinski definition) is 1. The van der Waals surface area contributed by atoms with Crippen molar-refractivity contribution in [1.29, 1.82) is 0 Å². The van der Waals surface area contributed by atoms with Crippen LogP contribution in [0.2, 0.25) is 0 Å². The number of carbonyl (C=O) groups is 1. The maximum absolute atomic E-state index is 14.0. The zero-order valence-corrected chi connectivity index (χ0v) is 17.3. The van der Waals surface area contributed by atoms with Crippen LogP contribution in [0.5, 0.6) is 0 Å². The van der Waals surface area contributed by atoms with Gasteiger partial charge in [0.05, 0.1) is 6.26 Å². The van der Waals surface area contributed by atoms with Gasteiger partial charge >= 0.3 is 0 Å². The SMILES string of the molecule is O=C(NC1CCN(CCc2ccccc2)CC1)c1occc1Cc1ccc(F)cc1F. The van der Waals surface area contributed by atoms with Crippen LogP contribution in [0.25, 0.3) is 0 Å². The van der Waals surface area contributed by atoms with Crippen LogP contribution in [-0.2, 0) is 12.8 Å². The first kappa shape index (κ1) is 21.2. The standard InChI is InChI=1S/C25H26F2N2O2/c26-21-7-6-19(23(27)17-21)16-20-11-15-31-24(20)25(30)28-22-9-13-29(14-10-22)12-8-18-4-2-1-3-5-18/h1-7,11,15,17,22H,8-10,12-14,16H2,(H,28,30). The van der Waals surface area contributed by atoms with Crippen molar-refractivity contribution in [3.8, 4) is 0 Å². The number of hydrogen-bond acceptors (Lipinski definition) is 3. The Bertz CT molecular complexity index is 1010. The average molecular weight is 424 g/mol. The summed E-state index contributed by atoms with van der Waals surface area (Å²) in [5, 5.41) is 3.05. The fourth-order valence-corrected chi connectivity index (χ4v) is 4.03. The van der Waals surface area contributed by atoms with Gasteiger partial charge in [0.1, 0.15) is 11.6 Å². The summed E-state index contributed by atoms with van der Waals surface area (Å²) in [5.41, 5.74) is 2.24. The van der Waals surface area contributed by atoms with Gasteiger partial charge in [-0.15, -0.1) is 0 Å². The summed E-state index contributed by atoms with van der Waals surface area (Å²) in [4.78, 5) is 15.2. The maximum Gasteiger partial charge on any atom is 0.287 e. The number of nitrogens with one attached hydrogen (secondary N) is 1. The second kappa shape index (κ2) is 9.88. The lowest BCUT2D eigenvalue weighted by atomic mass is 10.0. The summed E-state index contributed by atoms with van der Waals surface area (Å²) in [6, 6.07) is 15.6. The molecule has 1 fully saturated rings. The van der Waals surface area contributed by atoms with E-state index in [4.69, 9.17) is 4.42 Å². The normalized spacial score (nSPS) is 15.2. The van der Waals surface area contributed by atoms with Crippen molar-refractivity contribution < 1.29 is 18.0 Å². The molecule has 0 bridgehead atoms. The van der Waals surface area contributed by atoms with Gasteiger partial charge in [-0.25, -0.2) is 8.78 Å². The Hall–Kier alpha value is -2.99. The fourth-order valence-electron chi connectivity index (χ4n) is 4.03. The van der Waals surface area contributed by atoms with Crippen molar-refractivity contribution in [1.82, 2.24) is 10.2 Å². The monoisotopic (exact) mass is 424 g/mol. The van der Waals surface area contributed by atoms with E-state index in [0.29, 0.717) is 11.1 Å². The van der Waals surface area contributed by atoms with Gasteiger partial charge in [0, 0.05) is 43.7 Å². The van der Waals surface area contributed by atoms with Crippen molar-refractivity contribution in [3.63, 3.8) is 0 Å². The van der Waals surface area contributed by atoms with Crippen molar-refractivity contribution in [3.05, 3.63) is 94.9 Å². The van der Waals surface area contributed by atoms with E-state index in [1.54, 1.807) is 6.07 Å². The molecule has 0 saturated carbocycles. The average Bonchev–Trinajstić information content (AvgIpc) is 3.24. The fraction of sp³-hybridized carbons (Fsp3) is 0.320. The van der Waals surface area contributed by atoms with E-state index in [2.05, 4.69) is 34.5 Å². The predicted octanol–water partition coefficient (Wildman–Crippen LogP) is 4.59. The van der Waals surface area contributed by atoms with Crippen molar-refractivity contribution in [2.75, 3.05) is 19.6 Å². The van der Waals surface area contributed by atoms with Crippen LogP contribution in [0, 0.1) is 11.6 Å². The van der Waals surface area contributed by atoms with Crippen LogP contribution < -0.4 is 5.32 Å². The van der Waals surface area contributed by atoms with Crippen LogP contribution in [-0.4, -0.2) is 36.5 Å². The molecule has 3 aromatic rings. The van der Waals surface area contributed by atoms with Gasteiger partial charge in [0.25, 0.3) is 5.91 Å². The molecule has 2 aromatic carbocycles. The number of carbonyl (C=O) groups excluding carboxylic acids is 1. The van der Waals surface area contributed by atoms with Crippen molar-refractivity contribution in [2.24, 2.45) is 0 Å². The van der Waals surface area contributed by atoms with Crippen LogP contribution >= 0.6 is 0 Å². The van der Waals surface area contributed by atoms with E-state index in [1.807, 2.05) is 6.07 Å². The number of amides is 1. The summed E-state index contributed by atoms with van der Waals surface area (Å²) >= 11 is 0. The largest absolute Gasteiger partial charge is 0.459 e. The molecule has 1 aliphatic heterocycles. The molecule has 1 N–H and O–H groups in total. The summed E-state index contributed by atoms with van der Waals surface area (Å²) < 4.78 is 32.5. The molecule has 0 radical (unpaired) electrons. The highest BCUT2D eigenvalue weighted by Gasteiger charge is 2.24. The Labute approximate surface area is 180 Å². The zero-order valence-electron chi connectivity index (χ0n) is 17.3. The van der Waals surface area contributed by atoms with Gasteiger partial charge in [-0.05, 0) is 42.5 Å². The third-order valence-electron chi connectivity index (χ3n) is 5.83. The second-order valence-electron chi connectivity index (χ2n) is 8.01. The number of likely N-dealkylation sites (tertiary alicyclic amines) is 1. The Morgan fingerprint density at radius 2 is 1.81 bits per heavy atom. The van der Waals surface area contributed by atoms with E-state index in [-0.39, 0.29) is 24.1 Å². The number of benzene rings is 2. The lowest BCUT2D eigenvalue weighted by Gasteiger charge is -2.32. The zero-order chi connectivity index (χ0) is 21.6. The summed E-state index contributed by atoms with van der Waals surface area (Å²) in [6.07, 6.45) is 4.38. The molecule has 2 heterocycles. The maximum atomic E-state index is 14.0. The van der Waals surface area contributed by atoms with E-state index >= 15 is 0 Å². The number of nitrogens with zero attached hydrogens (tertiary/aromatic N) is 1. The molecule has 6 heteroatoms. The quantitative estimate of drug-likeness (QED) is 0.604. The minimum absolute atomic E-state index is 0.0842. The molecule has 1 amide bonds. The topological polar surface area (TPSA) is 45.5 Å². The van der Waals surface area contributed by atoms with Gasteiger partial charge in [0.2, 0.25) is 0 Å². The minimum Gasteiger partial charge on any atom is -0.459 e. The summed E-state index contributed by atoms with van der Waals surface area (Å²) in [5.74, 6) is -1.35. The summed E-state index contributed by atoms with van der Waals surface area (Å²) in [7, 11) is 0. The second-order valence-corrected chi connectivity index (χ2v) is 8.01. The smallest absolute Gasteiger partial charge is 0.287 e. The van der Waals surface area contributed by atoms with Crippen molar-refractivity contribution >= 4 is 5.91 Å². The van der Waals surface area contributed by atoms with Crippen LogP contribution in [0.1, 0.15) is 40.1 Å². The van der Waals surface area contributed by atoms with Crippen LogP contribution in [0.15, 0.2) is 65.3 Å². The highest BCUT2D eigenvalue weighted by molar-refractivity contribution is 5.93. The number of rotatable bonds is 7. The third kappa shape index (κ3) is 5.58. The lowest BCUT2D eigenvalue weighted by molar-refractivity contribution is 0.0882. The molecule has 1 aromatic heterocycles. The third-order valence-corrected chi connectivity index (χ3v) is 5.83. The molecule has 1 saturated heterocycles. The predicted molar refractivity (Wildman–Crippen MR) is 115 cm³/mol. The van der Waals surface area contributed by atoms with Gasteiger partial charge in [-0.2, -0.15) is 0 Å². The van der Waals surface area contributed by atoms with E-state index in [1.165, 1.54) is 24.0 Å². The van der Waals surface area contributed by atoms with E-state index in [9.17, 15) is 13.6 Å². The highest BCUT2D eigenvalue weighted by atomic mass is 19.1. The summed E-state index contributed by atoms with van der Waals surface area (Å²) in [6.45, 7) is 2.88. The molecule has 0 unspecified atom stereocenters. The first-order valence-electron chi connectivity index (χ1n) is 10.7. The Morgan fingerprint density at radius 3 is 2.55 bits per heavy atom. The van der Waals surface area contributed by atoms with Crippen LogP contribution in [0.4, 0.5) is 8.78 Å². The minimum atomic E-state index is -0.629. The molecule has 0 spiro atoms. The Balaban J connectivity index is 1.28. The van der Waals surface area contributed by atoms with Crippen molar-refractivity contribution in [2.45, 2.75) is 31.7 Å². The molecule has 31 heavy (non-hydrogen) atoms. The van der Waals surface area contributed by atoms with Gasteiger partial charge in [0.15, 0.2) is 5.76 Å². The first-order valence-corrected chi connectivity index (χ1v) is 10.7. The number of piperidine rings is 1. The van der Waals surface area contributed by atoms with Crippen LogP contribution in [0.3, 0.4) is 0 Å². The first-order chi connectivity index (χ1) is 15.1. The molecule has 162 valence electrons. The molecule has 1 aliphatic rings. The number of halogens is 2. The molecule has 4 nitrogen and oxygen atoms in total.